The van der Waals surface area contributed by atoms with Gasteiger partial charge in [0.2, 0.25) is 0 Å². The minimum absolute atomic E-state index is 0.0353. The Bertz CT molecular complexity index is 364. The van der Waals surface area contributed by atoms with Crippen LogP contribution in [0.5, 0.6) is 0 Å². The molecule has 5 heteroatoms. The Balaban J connectivity index is 2.80. The summed E-state index contributed by atoms with van der Waals surface area (Å²) in [5, 5.41) is 11.3. The fourth-order valence-corrected chi connectivity index (χ4v) is 1.53. The first kappa shape index (κ1) is 12.9. The van der Waals surface area contributed by atoms with Gasteiger partial charge in [-0.1, -0.05) is 17.7 Å². The van der Waals surface area contributed by atoms with Crippen LogP contribution in [0.2, 0.25) is 5.02 Å². The topological polar surface area (TPSA) is 49.3 Å². The maximum Gasteiger partial charge on any atom is 0.255 e. The van der Waals surface area contributed by atoms with Crippen molar-refractivity contribution in [3.63, 3.8) is 0 Å². The van der Waals surface area contributed by atoms with Crippen molar-refractivity contribution < 1.29 is 14.3 Å². The lowest BCUT2D eigenvalue weighted by atomic mass is 10.1. The van der Waals surface area contributed by atoms with E-state index in [1.54, 1.807) is 6.92 Å². The molecule has 1 aromatic carbocycles. The highest BCUT2D eigenvalue weighted by Gasteiger charge is 2.16. The smallest absolute Gasteiger partial charge is 0.255 e. The first-order chi connectivity index (χ1) is 7.56. The second kappa shape index (κ2) is 5.82. The van der Waals surface area contributed by atoms with Crippen molar-refractivity contribution in [2.75, 3.05) is 6.61 Å². The Kier molecular flexibility index (Phi) is 4.71. The number of nitrogens with one attached hydrogen (secondary N) is 1. The molecule has 1 aromatic rings. The van der Waals surface area contributed by atoms with Crippen molar-refractivity contribution >= 4 is 17.5 Å². The van der Waals surface area contributed by atoms with Crippen molar-refractivity contribution in [2.24, 2.45) is 0 Å². The molecule has 16 heavy (non-hydrogen) atoms. The van der Waals surface area contributed by atoms with Gasteiger partial charge in [-0.3, -0.25) is 4.79 Å². The third-order valence-corrected chi connectivity index (χ3v) is 2.44. The van der Waals surface area contributed by atoms with Crippen LogP contribution in [0.4, 0.5) is 4.39 Å². The molecule has 0 saturated carbocycles. The molecule has 1 unspecified atom stereocenters. The van der Waals surface area contributed by atoms with Gasteiger partial charge in [-0.2, -0.15) is 0 Å². The van der Waals surface area contributed by atoms with Crippen LogP contribution < -0.4 is 5.32 Å². The maximum absolute atomic E-state index is 13.3. The summed E-state index contributed by atoms with van der Waals surface area (Å²) in [6.45, 7) is 1.69. The van der Waals surface area contributed by atoms with E-state index in [-0.39, 0.29) is 23.2 Å². The van der Waals surface area contributed by atoms with E-state index in [9.17, 15) is 9.18 Å². The fraction of sp³-hybridized carbons (Fsp3) is 0.364. The van der Waals surface area contributed by atoms with Crippen molar-refractivity contribution in [2.45, 2.75) is 19.4 Å². The normalized spacial score (nSPS) is 12.2. The predicted molar refractivity (Wildman–Crippen MR) is 60.0 cm³/mol. The van der Waals surface area contributed by atoms with Gasteiger partial charge >= 0.3 is 0 Å². The molecule has 0 aromatic heterocycles. The van der Waals surface area contributed by atoms with Crippen LogP contribution in [0.15, 0.2) is 18.2 Å². The van der Waals surface area contributed by atoms with E-state index in [0.717, 1.165) is 0 Å². The van der Waals surface area contributed by atoms with Crippen LogP contribution in [0.3, 0.4) is 0 Å². The Morgan fingerprint density at radius 1 is 1.62 bits per heavy atom. The minimum Gasteiger partial charge on any atom is -0.396 e. The molecule has 1 amide bonds. The maximum atomic E-state index is 13.3. The predicted octanol–water partition coefficient (Wildman–Crippen LogP) is 1.98. The molecule has 0 aliphatic rings. The number of rotatable bonds is 4. The SMILES string of the molecule is CC(CCO)NC(=O)c1c(F)cccc1Cl. The quantitative estimate of drug-likeness (QED) is 0.852. The first-order valence-corrected chi connectivity index (χ1v) is 5.29. The standard InChI is InChI=1S/C11H13ClFNO2/c1-7(5-6-15)14-11(16)10-8(12)3-2-4-9(10)13/h2-4,7,15H,5-6H2,1H3,(H,14,16). The fourth-order valence-electron chi connectivity index (χ4n) is 1.28. The van der Waals surface area contributed by atoms with Gasteiger partial charge in [0.25, 0.3) is 5.91 Å². The molecule has 0 fully saturated rings. The van der Waals surface area contributed by atoms with Crippen LogP contribution in [-0.2, 0) is 0 Å². The third-order valence-electron chi connectivity index (χ3n) is 2.13. The molecular formula is C11H13ClFNO2. The average Bonchev–Trinajstić information content (AvgIpc) is 2.17. The lowest BCUT2D eigenvalue weighted by Gasteiger charge is -2.13. The van der Waals surface area contributed by atoms with Gasteiger partial charge in [-0.15, -0.1) is 0 Å². The summed E-state index contributed by atoms with van der Waals surface area (Å²) >= 11 is 5.73. The summed E-state index contributed by atoms with van der Waals surface area (Å²) in [7, 11) is 0. The molecule has 0 radical (unpaired) electrons. The van der Waals surface area contributed by atoms with Gasteiger partial charge in [0.1, 0.15) is 5.82 Å². The van der Waals surface area contributed by atoms with E-state index in [4.69, 9.17) is 16.7 Å². The lowest BCUT2D eigenvalue weighted by Crippen LogP contribution is -2.33. The van der Waals surface area contributed by atoms with Crippen molar-refractivity contribution in [1.82, 2.24) is 5.32 Å². The Morgan fingerprint density at radius 3 is 2.88 bits per heavy atom. The highest BCUT2D eigenvalue weighted by Crippen LogP contribution is 2.18. The minimum atomic E-state index is -0.652. The number of hydrogen-bond donors (Lipinski definition) is 2. The van der Waals surface area contributed by atoms with Gasteiger partial charge < -0.3 is 10.4 Å². The Labute approximate surface area is 98.2 Å². The summed E-state index contributed by atoms with van der Waals surface area (Å²) < 4.78 is 13.3. The average molecular weight is 246 g/mol. The van der Waals surface area contributed by atoms with Crippen molar-refractivity contribution in [3.05, 3.63) is 34.6 Å². The lowest BCUT2D eigenvalue weighted by molar-refractivity contribution is 0.0930. The number of benzene rings is 1. The molecular weight excluding hydrogens is 233 g/mol. The molecule has 0 aliphatic carbocycles. The van der Waals surface area contributed by atoms with Gasteiger partial charge in [0.05, 0.1) is 10.6 Å². The number of carbonyl (C=O) groups excluding carboxylic acids is 1. The molecule has 0 bridgehead atoms. The summed E-state index contributed by atoms with van der Waals surface area (Å²) in [6.07, 6.45) is 0.414. The molecule has 1 atom stereocenters. The van der Waals surface area contributed by atoms with Crippen molar-refractivity contribution in [1.29, 1.82) is 0 Å². The summed E-state index contributed by atoms with van der Waals surface area (Å²) in [6, 6.07) is 3.84. The number of halogens is 2. The largest absolute Gasteiger partial charge is 0.396 e. The third kappa shape index (κ3) is 3.18. The summed E-state index contributed by atoms with van der Waals surface area (Å²) in [5.41, 5.74) is -0.158. The van der Waals surface area contributed by atoms with E-state index in [1.165, 1.54) is 18.2 Å². The Hall–Kier alpha value is -1.13. The molecule has 0 aliphatic heterocycles. The van der Waals surface area contributed by atoms with E-state index < -0.39 is 11.7 Å². The van der Waals surface area contributed by atoms with Crippen molar-refractivity contribution in [3.8, 4) is 0 Å². The number of aliphatic hydroxyl groups excluding tert-OH is 1. The number of aliphatic hydroxyl groups is 1. The molecule has 0 saturated heterocycles. The van der Waals surface area contributed by atoms with Gasteiger partial charge in [-0.05, 0) is 25.5 Å². The van der Waals surface area contributed by atoms with Crippen LogP contribution >= 0.6 is 11.6 Å². The molecule has 0 heterocycles. The zero-order valence-electron chi connectivity index (χ0n) is 8.84. The second-order valence-corrected chi connectivity index (χ2v) is 3.89. The molecule has 3 nitrogen and oxygen atoms in total. The summed E-state index contributed by atoms with van der Waals surface area (Å²) in [5.74, 6) is -1.22. The highest BCUT2D eigenvalue weighted by atomic mass is 35.5. The van der Waals surface area contributed by atoms with Crippen LogP contribution in [-0.4, -0.2) is 23.7 Å². The van der Waals surface area contributed by atoms with Gasteiger partial charge in [0, 0.05) is 12.6 Å². The zero-order chi connectivity index (χ0) is 12.1. The van der Waals surface area contributed by atoms with Crippen LogP contribution in [0.25, 0.3) is 0 Å². The van der Waals surface area contributed by atoms with E-state index >= 15 is 0 Å². The Morgan fingerprint density at radius 2 is 2.31 bits per heavy atom. The van der Waals surface area contributed by atoms with Crippen LogP contribution in [0, 0.1) is 5.82 Å². The zero-order valence-corrected chi connectivity index (χ0v) is 9.59. The molecule has 88 valence electrons. The van der Waals surface area contributed by atoms with Gasteiger partial charge in [-0.25, -0.2) is 4.39 Å². The number of carbonyl (C=O) groups is 1. The van der Waals surface area contributed by atoms with E-state index in [2.05, 4.69) is 5.32 Å². The first-order valence-electron chi connectivity index (χ1n) is 4.92. The molecule has 2 N–H and O–H groups in total. The highest BCUT2D eigenvalue weighted by molar-refractivity contribution is 6.33. The van der Waals surface area contributed by atoms with E-state index in [1.807, 2.05) is 0 Å². The molecule has 1 rings (SSSR count). The molecule has 0 spiro atoms. The number of hydrogen-bond acceptors (Lipinski definition) is 2. The summed E-state index contributed by atoms with van der Waals surface area (Å²) in [4.78, 5) is 11.7. The number of amides is 1. The monoisotopic (exact) mass is 245 g/mol. The van der Waals surface area contributed by atoms with E-state index in [0.29, 0.717) is 6.42 Å². The second-order valence-electron chi connectivity index (χ2n) is 3.48. The van der Waals surface area contributed by atoms with Gasteiger partial charge in [0.15, 0.2) is 0 Å². The van der Waals surface area contributed by atoms with Crippen LogP contribution in [0.1, 0.15) is 23.7 Å².